The standard InChI is InChI=1S/C4HBrF7N/c5-2(1-6)13(3(7,8)9)4(10,11)12/h1H/b2-1+. The third-order valence-corrected chi connectivity index (χ3v) is 1.34. The maximum absolute atomic E-state index is 11.6. The summed E-state index contributed by atoms with van der Waals surface area (Å²) in [4.78, 5) is -2.00. The van der Waals surface area contributed by atoms with Crippen molar-refractivity contribution < 1.29 is 30.7 Å². The van der Waals surface area contributed by atoms with Gasteiger partial charge in [0, 0.05) is 0 Å². The predicted octanol–water partition coefficient (Wildman–Crippen LogP) is 3.49. The molecule has 0 unspecified atom stereocenters. The first kappa shape index (κ1) is 12.5. The van der Waals surface area contributed by atoms with Crippen molar-refractivity contribution in [2.24, 2.45) is 0 Å². The summed E-state index contributed by atoms with van der Waals surface area (Å²) in [6, 6.07) is 0. The summed E-state index contributed by atoms with van der Waals surface area (Å²) in [7, 11) is 0. The lowest BCUT2D eigenvalue weighted by atomic mass is 10.7. The molecule has 9 heteroatoms. The van der Waals surface area contributed by atoms with Crippen molar-refractivity contribution in [1.29, 1.82) is 0 Å². The van der Waals surface area contributed by atoms with Crippen LogP contribution in [-0.4, -0.2) is 17.5 Å². The second-order valence-corrected chi connectivity index (χ2v) is 2.52. The Labute approximate surface area is 75.9 Å². The monoisotopic (exact) mass is 275 g/mol. The van der Waals surface area contributed by atoms with Crippen LogP contribution in [0.25, 0.3) is 0 Å². The Morgan fingerprint density at radius 3 is 1.38 bits per heavy atom. The topological polar surface area (TPSA) is 3.24 Å². The third-order valence-electron chi connectivity index (χ3n) is 0.811. The summed E-state index contributed by atoms with van der Waals surface area (Å²) in [6.07, 6.45) is -12.3. The molecule has 0 bridgehead atoms. The molecule has 1 nitrogen and oxygen atoms in total. The molecule has 0 radical (unpaired) electrons. The van der Waals surface area contributed by atoms with E-state index in [0.717, 1.165) is 0 Å². The van der Waals surface area contributed by atoms with E-state index in [-0.39, 0.29) is 0 Å². The molecule has 0 aliphatic rings. The van der Waals surface area contributed by atoms with E-state index < -0.39 is 28.4 Å². The van der Waals surface area contributed by atoms with Crippen LogP contribution in [0.15, 0.2) is 10.9 Å². The number of alkyl halides is 6. The smallest absolute Gasteiger partial charge is 0.213 e. The van der Waals surface area contributed by atoms with Crippen LogP contribution in [0, 0.1) is 0 Å². The highest BCUT2D eigenvalue weighted by molar-refractivity contribution is 9.11. The van der Waals surface area contributed by atoms with Crippen molar-refractivity contribution in [2.75, 3.05) is 0 Å². The van der Waals surface area contributed by atoms with E-state index in [4.69, 9.17) is 0 Å². The van der Waals surface area contributed by atoms with Crippen LogP contribution in [0.5, 0.6) is 0 Å². The zero-order valence-corrected chi connectivity index (χ0v) is 7.13. The van der Waals surface area contributed by atoms with Gasteiger partial charge in [-0.1, -0.05) is 0 Å². The average Bonchev–Trinajstić information content (AvgIpc) is 1.80. The van der Waals surface area contributed by atoms with Gasteiger partial charge in [0.05, 0.1) is 0 Å². The maximum Gasteiger partial charge on any atom is 0.492 e. The van der Waals surface area contributed by atoms with Crippen molar-refractivity contribution in [1.82, 2.24) is 4.90 Å². The van der Waals surface area contributed by atoms with Gasteiger partial charge in [-0.2, -0.15) is 4.90 Å². The summed E-state index contributed by atoms with van der Waals surface area (Å²) in [5.74, 6) is 0. The lowest BCUT2D eigenvalue weighted by Gasteiger charge is -2.27. The Kier molecular flexibility index (Phi) is 3.59. The van der Waals surface area contributed by atoms with Gasteiger partial charge in [0.15, 0.2) is 0 Å². The van der Waals surface area contributed by atoms with Crippen molar-refractivity contribution in [3.8, 4) is 0 Å². The van der Waals surface area contributed by atoms with Crippen molar-refractivity contribution in [2.45, 2.75) is 12.6 Å². The van der Waals surface area contributed by atoms with E-state index in [1.54, 1.807) is 15.9 Å². The molecule has 0 N–H and O–H groups in total. The Hall–Kier alpha value is -0.470. The van der Waals surface area contributed by atoms with Gasteiger partial charge in [0.25, 0.3) is 0 Å². The summed E-state index contributed by atoms with van der Waals surface area (Å²) < 4.78 is 79.4. The number of hydrogen-bond acceptors (Lipinski definition) is 1. The molecule has 0 amide bonds. The van der Waals surface area contributed by atoms with Crippen LogP contribution in [0.2, 0.25) is 0 Å². The number of rotatable bonds is 1. The predicted molar refractivity (Wildman–Crippen MR) is 32.1 cm³/mol. The van der Waals surface area contributed by atoms with Gasteiger partial charge in [0.2, 0.25) is 0 Å². The normalized spacial score (nSPS) is 14.6. The van der Waals surface area contributed by atoms with E-state index in [2.05, 4.69) is 0 Å². The van der Waals surface area contributed by atoms with E-state index >= 15 is 0 Å². The van der Waals surface area contributed by atoms with Crippen LogP contribution >= 0.6 is 15.9 Å². The quantitative estimate of drug-likeness (QED) is 0.523. The number of halogens is 8. The highest BCUT2D eigenvalue weighted by Crippen LogP contribution is 2.38. The molecule has 0 fully saturated rings. The molecule has 0 aliphatic heterocycles. The second-order valence-electron chi connectivity index (χ2n) is 1.70. The Morgan fingerprint density at radius 2 is 1.31 bits per heavy atom. The van der Waals surface area contributed by atoms with E-state index in [0.29, 0.717) is 0 Å². The third kappa shape index (κ3) is 3.41. The van der Waals surface area contributed by atoms with Gasteiger partial charge in [-0.05, 0) is 15.9 Å². The first-order valence-electron chi connectivity index (χ1n) is 2.50. The Balaban J connectivity index is 5.01. The van der Waals surface area contributed by atoms with Crippen LogP contribution in [0.3, 0.4) is 0 Å². The molecule has 0 aromatic heterocycles. The molecule has 0 aromatic carbocycles. The molecule has 0 saturated carbocycles. The fraction of sp³-hybridized carbons (Fsp3) is 0.500. The van der Waals surface area contributed by atoms with Crippen molar-refractivity contribution in [3.63, 3.8) is 0 Å². The number of nitrogens with zero attached hydrogens (tertiary/aromatic N) is 1. The molecule has 13 heavy (non-hydrogen) atoms. The zero-order valence-electron chi connectivity index (χ0n) is 5.55. The first-order valence-corrected chi connectivity index (χ1v) is 3.29. The minimum Gasteiger partial charge on any atom is -0.213 e. The maximum atomic E-state index is 11.6. The van der Waals surface area contributed by atoms with Crippen LogP contribution < -0.4 is 0 Å². The van der Waals surface area contributed by atoms with E-state index in [9.17, 15) is 30.7 Å². The molecule has 0 spiro atoms. The first-order chi connectivity index (χ1) is 5.60. The van der Waals surface area contributed by atoms with Gasteiger partial charge >= 0.3 is 12.6 Å². The lowest BCUT2D eigenvalue weighted by Crippen LogP contribution is -2.45. The molecule has 0 aromatic rings. The molecule has 0 atom stereocenters. The van der Waals surface area contributed by atoms with E-state index in [1.807, 2.05) is 0 Å². The molecular weight excluding hydrogens is 275 g/mol. The minimum absolute atomic E-state index is 0.846. The molecule has 0 heterocycles. The minimum atomic E-state index is -5.72. The number of hydrogen-bond donors (Lipinski definition) is 0. The van der Waals surface area contributed by atoms with E-state index in [1.165, 1.54) is 0 Å². The van der Waals surface area contributed by atoms with Gasteiger partial charge in [-0.3, -0.25) is 0 Å². The van der Waals surface area contributed by atoms with Gasteiger partial charge in [-0.25, -0.2) is 4.39 Å². The second kappa shape index (κ2) is 3.72. The van der Waals surface area contributed by atoms with Gasteiger partial charge in [0.1, 0.15) is 10.9 Å². The van der Waals surface area contributed by atoms with Gasteiger partial charge < -0.3 is 0 Å². The molecular formula is C4HBrF7N. The summed E-state index contributed by atoms with van der Waals surface area (Å²) in [6.45, 7) is 0. The molecule has 0 saturated heterocycles. The largest absolute Gasteiger partial charge is 0.492 e. The van der Waals surface area contributed by atoms with Gasteiger partial charge in [-0.15, -0.1) is 26.3 Å². The summed E-state index contributed by atoms with van der Waals surface area (Å²) in [5, 5.41) is 0. The summed E-state index contributed by atoms with van der Waals surface area (Å²) >= 11 is 1.79. The Bertz CT molecular complexity index is 190. The SMILES string of the molecule is F/C=C(\Br)N(C(F)(F)F)C(F)(F)F. The highest BCUT2D eigenvalue weighted by atomic mass is 79.9. The lowest BCUT2D eigenvalue weighted by molar-refractivity contribution is -0.355. The molecule has 0 aliphatic carbocycles. The summed E-state index contributed by atoms with van der Waals surface area (Å²) in [5.41, 5.74) is 0. The highest BCUT2D eigenvalue weighted by Gasteiger charge is 2.54. The van der Waals surface area contributed by atoms with Crippen LogP contribution in [-0.2, 0) is 0 Å². The van der Waals surface area contributed by atoms with Crippen LogP contribution in [0.1, 0.15) is 0 Å². The Morgan fingerprint density at radius 1 is 1.00 bits per heavy atom. The zero-order chi connectivity index (χ0) is 10.9. The van der Waals surface area contributed by atoms with Crippen molar-refractivity contribution >= 4 is 15.9 Å². The fourth-order valence-electron chi connectivity index (χ4n) is 0.435. The molecule has 78 valence electrons. The molecule has 0 rings (SSSR count). The van der Waals surface area contributed by atoms with Crippen LogP contribution in [0.4, 0.5) is 30.7 Å². The fourth-order valence-corrected chi connectivity index (χ4v) is 0.837. The van der Waals surface area contributed by atoms with Crippen molar-refractivity contribution in [3.05, 3.63) is 10.9 Å². The average molecular weight is 276 g/mol.